The van der Waals surface area contributed by atoms with Gasteiger partial charge in [-0.2, -0.15) is 0 Å². The fraction of sp³-hybridized carbons (Fsp3) is 0.364. The van der Waals surface area contributed by atoms with Gasteiger partial charge in [0.1, 0.15) is 5.75 Å². The first-order chi connectivity index (χ1) is 13.1. The average Bonchev–Trinajstić information content (AvgIpc) is 2.67. The molecular weight excluding hydrogens is 340 g/mol. The summed E-state index contributed by atoms with van der Waals surface area (Å²) >= 11 is 0. The van der Waals surface area contributed by atoms with Crippen LogP contribution in [0.5, 0.6) is 5.75 Å². The van der Waals surface area contributed by atoms with Crippen LogP contribution in [-0.2, 0) is 16.0 Å². The van der Waals surface area contributed by atoms with Crippen molar-refractivity contribution < 1.29 is 14.3 Å². The number of carbonyl (C=O) groups excluding carboxylic acids is 2. The predicted molar refractivity (Wildman–Crippen MR) is 104 cm³/mol. The van der Waals surface area contributed by atoms with Crippen molar-refractivity contribution in [1.82, 2.24) is 10.6 Å². The van der Waals surface area contributed by atoms with Crippen LogP contribution in [0.3, 0.4) is 0 Å². The average molecular weight is 366 g/mol. The summed E-state index contributed by atoms with van der Waals surface area (Å²) in [6.45, 7) is 1.46. The van der Waals surface area contributed by atoms with E-state index in [4.69, 9.17) is 4.74 Å². The minimum absolute atomic E-state index is 0.0382. The summed E-state index contributed by atoms with van der Waals surface area (Å²) in [5.41, 5.74) is 3.39. The highest BCUT2D eigenvalue weighted by molar-refractivity contribution is 5.79. The summed E-state index contributed by atoms with van der Waals surface area (Å²) in [6, 6.07) is 15.4. The summed E-state index contributed by atoms with van der Waals surface area (Å²) in [4.78, 5) is 24.3. The van der Waals surface area contributed by atoms with E-state index in [-0.39, 0.29) is 30.3 Å². The largest absolute Gasteiger partial charge is 0.497 e. The molecule has 0 bridgehead atoms. The Morgan fingerprint density at radius 1 is 1.15 bits per heavy atom. The second kappa shape index (κ2) is 8.71. The maximum Gasteiger partial charge on any atom is 0.222 e. The van der Waals surface area contributed by atoms with Gasteiger partial charge in [0.2, 0.25) is 11.8 Å². The minimum atomic E-state index is -0.368. The first kappa shape index (κ1) is 19.0. The molecule has 1 aliphatic carbocycles. The van der Waals surface area contributed by atoms with Crippen molar-refractivity contribution in [1.29, 1.82) is 0 Å². The number of ether oxygens (including phenoxy) is 1. The van der Waals surface area contributed by atoms with Gasteiger partial charge >= 0.3 is 0 Å². The van der Waals surface area contributed by atoms with E-state index in [2.05, 4.69) is 22.8 Å². The number of hydrogen-bond acceptors (Lipinski definition) is 3. The Morgan fingerprint density at radius 3 is 2.59 bits per heavy atom. The molecule has 5 heteroatoms. The number of nitrogens with one attached hydrogen (secondary N) is 2. The lowest BCUT2D eigenvalue weighted by Gasteiger charge is -2.27. The van der Waals surface area contributed by atoms with Crippen molar-refractivity contribution in [2.45, 2.75) is 44.7 Å². The van der Waals surface area contributed by atoms with E-state index in [9.17, 15) is 9.59 Å². The van der Waals surface area contributed by atoms with Crippen molar-refractivity contribution in [3.8, 4) is 5.75 Å². The summed E-state index contributed by atoms with van der Waals surface area (Å²) in [7, 11) is 1.61. The second-order valence-electron chi connectivity index (χ2n) is 6.94. The number of carbonyl (C=O) groups is 2. The van der Waals surface area contributed by atoms with Gasteiger partial charge in [0.15, 0.2) is 0 Å². The Hall–Kier alpha value is -2.82. The first-order valence-corrected chi connectivity index (χ1v) is 9.35. The van der Waals surface area contributed by atoms with Gasteiger partial charge in [-0.05, 0) is 48.1 Å². The van der Waals surface area contributed by atoms with E-state index in [0.717, 1.165) is 30.6 Å². The van der Waals surface area contributed by atoms with Gasteiger partial charge in [0, 0.05) is 6.92 Å². The Bertz CT molecular complexity index is 801. The molecule has 2 aromatic rings. The maximum atomic E-state index is 12.7. The predicted octanol–water partition coefficient (Wildman–Crippen LogP) is 3.46. The standard InChI is InChI=1S/C22H26N2O3/c1-15(25)23-21(17-10-12-18(27-2)13-11-17)14-22(26)24-20-9-5-7-16-6-3-4-8-19(16)20/h3-4,6,8,10-13,20-21H,5,7,9,14H2,1-2H3,(H,23,25)(H,24,26). The molecule has 0 saturated carbocycles. The van der Waals surface area contributed by atoms with Crippen molar-refractivity contribution in [2.75, 3.05) is 7.11 Å². The molecule has 0 aliphatic heterocycles. The zero-order valence-electron chi connectivity index (χ0n) is 15.8. The van der Waals surface area contributed by atoms with Crippen LogP contribution < -0.4 is 15.4 Å². The molecule has 0 fully saturated rings. The van der Waals surface area contributed by atoms with Crippen LogP contribution >= 0.6 is 0 Å². The maximum absolute atomic E-state index is 12.7. The van der Waals surface area contributed by atoms with Crippen molar-refractivity contribution in [2.24, 2.45) is 0 Å². The monoisotopic (exact) mass is 366 g/mol. The Morgan fingerprint density at radius 2 is 1.89 bits per heavy atom. The molecule has 0 saturated heterocycles. The molecule has 142 valence electrons. The molecule has 2 N–H and O–H groups in total. The summed E-state index contributed by atoms with van der Waals surface area (Å²) < 4.78 is 5.18. The Labute approximate surface area is 160 Å². The van der Waals surface area contributed by atoms with Gasteiger partial charge in [-0.25, -0.2) is 0 Å². The molecule has 27 heavy (non-hydrogen) atoms. The third kappa shape index (κ3) is 4.88. The van der Waals surface area contributed by atoms with E-state index in [0.29, 0.717) is 0 Å². The SMILES string of the molecule is COc1ccc(C(CC(=O)NC2CCCc3ccccc32)NC(C)=O)cc1. The molecule has 5 nitrogen and oxygen atoms in total. The molecule has 2 amide bonds. The molecule has 2 aromatic carbocycles. The van der Waals surface area contributed by atoms with Crippen LogP contribution in [0.4, 0.5) is 0 Å². The molecule has 3 rings (SSSR count). The number of fused-ring (bicyclic) bond motifs is 1. The van der Waals surface area contributed by atoms with E-state index in [1.54, 1.807) is 7.11 Å². The molecule has 2 atom stereocenters. The third-order valence-electron chi connectivity index (χ3n) is 4.99. The molecule has 0 radical (unpaired) electrons. The van der Waals surface area contributed by atoms with Crippen LogP contribution in [0.15, 0.2) is 48.5 Å². The number of methoxy groups -OCH3 is 1. The van der Waals surface area contributed by atoms with E-state index >= 15 is 0 Å². The molecule has 1 aliphatic rings. The van der Waals surface area contributed by atoms with Crippen molar-refractivity contribution in [3.63, 3.8) is 0 Å². The number of benzene rings is 2. The van der Waals surface area contributed by atoms with Crippen LogP contribution in [0.1, 0.15) is 55.0 Å². The number of hydrogen-bond donors (Lipinski definition) is 2. The third-order valence-corrected chi connectivity index (χ3v) is 4.99. The zero-order valence-corrected chi connectivity index (χ0v) is 15.8. The molecule has 2 unspecified atom stereocenters. The summed E-state index contributed by atoms with van der Waals surface area (Å²) in [6.07, 6.45) is 3.26. The summed E-state index contributed by atoms with van der Waals surface area (Å²) in [5, 5.41) is 6.04. The highest BCUT2D eigenvalue weighted by Crippen LogP contribution is 2.30. The van der Waals surface area contributed by atoms with Gasteiger partial charge < -0.3 is 15.4 Å². The lowest BCUT2D eigenvalue weighted by molar-refractivity contribution is -0.123. The van der Waals surface area contributed by atoms with Crippen LogP contribution in [0.25, 0.3) is 0 Å². The quantitative estimate of drug-likeness (QED) is 0.823. The van der Waals surface area contributed by atoms with Gasteiger partial charge in [0.05, 0.1) is 25.6 Å². The highest BCUT2D eigenvalue weighted by Gasteiger charge is 2.23. The highest BCUT2D eigenvalue weighted by atomic mass is 16.5. The Balaban J connectivity index is 1.70. The molecule has 0 spiro atoms. The lowest BCUT2D eigenvalue weighted by Crippen LogP contribution is -2.35. The van der Waals surface area contributed by atoms with Crippen LogP contribution in [0.2, 0.25) is 0 Å². The van der Waals surface area contributed by atoms with Gasteiger partial charge in [-0.1, -0.05) is 36.4 Å². The van der Waals surface area contributed by atoms with E-state index < -0.39 is 0 Å². The number of rotatable bonds is 6. The minimum Gasteiger partial charge on any atom is -0.497 e. The second-order valence-corrected chi connectivity index (χ2v) is 6.94. The lowest BCUT2D eigenvalue weighted by atomic mass is 9.87. The van der Waals surface area contributed by atoms with Crippen LogP contribution in [0, 0.1) is 0 Å². The van der Waals surface area contributed by atoms with E-state index in [1.807, 2.05) is 36.4 Å². The topological polar surface area (TPSA) is 67.4 Å². The first-order valence-electron chi connectivity index (χ1n) is 9.35. The molecule has 0 aromatic heterocycles. The van der Waals surface area contributed by atoms with Crippen LogP contribution in [-0.4, -0.2) is 18.9 Å². The Kier molecular flexibility index (Phi) is 6.12. The van der Waals surface area contributed by atoms with Gasteiger partial charge in [0.25, 0.3) is 0 Å². The normalized spacial score (nSPS) is 16.7. The number of amides is 2. The zero-order chi connectivity index (χ0) is 19.2. The fourth-order valence-corrected chi connectivity index (χ4v) is 3.68. The smallest absolute Gasteiger partial charge is 0.222 e. The van der Waals surface area contributed by atoms with Gasteiger partial charge in [-0.3, -0.25) is 9.59 Å². The fourth-order valence-electron chi connectivity index (χ4n) is 3.68. The van der Waals surface area contributed by atoms with Crippen molar-refractivity contribution >= 4 is 11.8 Å². The molecular formula is C22H26N2O3. The van der Waals surface area contributed by atoms with E-state index in [1.165, 1.54) is 18.1 Å². The van der Waals surface area contributed by atoms with Crippen molar-refractivity contribution in [3.05, 3.63) is 65.2 Å². The number of aryl methyl sites for hydroxylation is 1. The van der Waals surface area contributed by atoms with Gasteiger partial charge in [-0.15, -0.1) is 0 Å². The molecule has 0 heterocycles. The summed E-state index contributed by atoms with van der Waals surface area (Å²) in [5.74, 6) is 0.515.